The van der Waals surface area contributed by atoms with E-state index in [1.54, 1.807) is 10.7 Å². The van der Waals surface area contributed by atoms with E-state index in [-0.39, 0.29) is 17.8 Å². The number of hydrogen-bond donors (Lipinski definition) is 0. The fourth-order valence-electron chi connectivity index (χ4n) is 3.04. The summed E-state index contributed by atoms with van der Waals surface area (Å²) < 4.78 is 6.78. The Morgan fingerprint density at radius 1 is 1.40 bits per heavy atom. The third kappa shape index (κ3) is 2.15. The summed E-state index contributed by atoms with van der Waals surface area (Å²) in [7, 11) is 1.43. The molecule has 1 atom stereocenters. The summed E-state index contributed by atoms with van der Waals surface area (Å²) in [6, 6.07) is 1.86. The van der Waals surface area contributed by atoms with Crippen molar-refractivity contribution in [3.8, 4) is 0 Å². The number of carbonyl (C=O) groups excluding carboxylic acids is 1. The average molecular weight is 274 g/mol. The first-order valence-corrected chi connectivity index (χ1v) is 6.96. The van der Waals surface area contributed by atoms with Crippen molar-refractivity contribution < 1.29 is 9.53 Å². The van der Waals surface area contributed by atoms with E-state index >= 15 is 0 Å². The molecule has 0 spiro atoms. The van der Waals surface area contributed by atoms with Crippen LogP contribution in [0.5, 0.6) is 0 Å². The number of hydrogen-bond acceptors (Lipinski definition) is 5. The summed E-state index contributed by atoms with van der Waals surface area (Å²) in [6.45, 7) is 1.91. The summed E-state index contributed by atoms with van der Waals surface area (Å²) in [6.07, 6.45) is 6.07. The second-order valence-corrected chi connectivity index (χ2v) is 5.36. The Balaban J connectivity index is 2.06. The lowest BCUT2D eigenvalue weighted by atomic mass is 9.90. The number of esters is 1. The van der Waals surface area contributed by atoms with Gasteiger partial charge in [0.1, 0.15) is 12.2 Å². The minimum atomic E-state index is -0.345. The Morgan fingerprint density at radius 2 is 2.15 bits per heavy atom. The second kappa shape index (κ2) is 5.19. The normalized spacial score (nSPS) is 17.5. The van der Waals surface area contributed by atoms with E-state index in [1.807, 2.05) is 13.0 Å². The van der Waals surface area contributed by atoms with Crippen LogP contribution in [0, 0.1) is 12.8 Å². The lowest BCUT2D eigenvalue weighted by Gasteiger charge is -2.19. The maximum atomic E-state index is 12.2. The molecular weight excluding hydrogens is 256 g/mol. The Hall–Kier alpha value is -1.98. The molecule has 2 aromatic heterocycles. The van der Waals surface area contributed by atoms with Crippen LogP contribution in [0.25, 0.3) is 5.65 Å². The molecule has 0 amide bonds. The van der Waals surface area contributed by atoms with E-state index in [2.05, 4.69) is 15.2 Å². The topological polar surface area (TPSA) is 69.4 Å². The standard InChI is InChI=1S/C14H18N4O2/c1-9-7-11-16-17-13(18(11)8-15-9)12(14(19)20-2)10-5-3-4-6-10/h7-8,10,12H,3-6H2,1-2H3. The van der Waals surface area contributed by atoms with Crippen molar-refractivity contribution in [1.82, 2.24) is 19.6 Å². The third-order valence-corrected chi connectivity index (χ3v) is 4.07. The van der Waals surface area contributed by atoms with Gasteiger partial charge in [0.15, 0.2) is 11.5 Å². The Morgan fingerprint density at radius 3 is 2.85 bits per heavy atom. The molecule has 0 aliphatic heterocycles. The first-order chi connectivity index (χ1) is 9.70. The van der Waals surface area contributed by atoms with E-state index in [4.69, 9.17) is 4.74 Å². The van der Waals surface area contributed by atoms with Gasteiger partial charge in [0.05, 0.1) is 7.11 Å². The summed E-state index contributed by atoms with van der Waals surface area (Å²) in [4.78, 5) is 16.4. The lowest BCUT2D eigenvalue weighted by Crippen LogP contribution is -2.23. The van der Waals surface area contributed by atoms with Crippen molar-refractivity contribution in [3.05, 3.63) is 23.9 Å². The van der Waals surface area contributed by atoms with Gasteiger partial charge < -0.3 is 4.74 Å². The molecule has 1 saturated carbocycles. The van der Waals surface area contributed by atoms with Crippen LogP contribution in [0.3, 0.4) is 0 Å². The maximum Gasteiger partial charge on any atom is 0.316 e. The van der Waals surface area contributed by atoms with Crippen LogP contribution >= 0.6 is 0 Å². The van der Waals surface area contributed by atoms with Crippen molar-refractivity contribution in [3.63, 3.8) is 0 Å². The first-order valence-electron chi connectivity index (χ1n) is 6.96. The molecule has 2 aromatic rings. The van der Waals surface area contributed by atoms with Crippen LogP contribution in [0.4, 0.5) is 0 Å². The Bertz CT molecular complexity index is 631. The Kier molecular flexibility index (Phi) is 3.38. The van der Waals surface area contributed by atoms with E-state index in [9.17, 15) is 4.79 Å². The number of rotatable bonds is 3. The van der Waals surface area contributed by atoms with E-state index < -0.39 is 0 Å². The molecule has 20 heavy (non-hydrogen) atoms. The van der Waals surface area contributed by atoms with Gasteiger partial charge in [-0.15, -0.1) is 10.2 Å². The monoisotopic (exact) mass is 274 g/mol. The third-order valence-electron chi connectivity index (χ3n) is 4.07. The molecule has 0 saturated heterocycles. The number of aryl methyl sites for hydroxylation is 1. The van der Waals surface area contributed by atoms with Crippen LogP contribution in [0.15, 0.2) is 12.4 Å². The summed E-state index contributed by atoms with van der Waals surface area (Å²) in [5.74, 6) is 0.358. The van der Waals surface area contributed by atoms with Crippen molar-refractivity contribution >= 4 is 11.6 Å². The SMILES string of the molecule is COC(=O)C(c1nnc2cc(C)ncn12)C1CCCC1. The molecule has 0 N–H and O–H groups in total. The van der Waals surface area contributed by atoms with Crippen molar-refractivity contribution in [2.75, 3.05) is 7.11 Å². The summed E-state index contributed by atoms with van der Waals surface area (Å²) >= 11 is 0. The van der Waals surface area contributed by atoms with Gasteiger partial charge in [0.2, 0.25) is 0 Å². The van der Waals surface area contributed by atoms with Crippen molar-refractivity contribution in [2.24, 2.45) is 5.92 Å². The molecule has 6 nitrogen and oxygen atoms in total. The minimum Gasteiger partial charge on any atom is -0.468 e. The quantitative estimate of drug-likeness (QED) is 0.799. The molecule has 1 aliphatic carbocycles. The van der Waals surface area contributed by atoms with Crippen LogP contribution in [0.1, 0.15) is 43.1 Å². The highest BCUT2D eigenvalue weighted by Crippen LogP contribution is 2.37. The van der Waals surface area contributed by atoms with Gasteiger partial charge in [0, 0.05) is 11.8 Å². The molecule has 6 heteroatoms. The van der Waals surface area contributed by atoms with Crippen LogP contribution in [0.2, 0.25) is 0 Å². The van der Waals surface area contributed by atoms with E-state index in [0.717, 1.165) is 37.0 Å². The number of ether oxygens (including phenoxy) is 1. The first kappa shape index (κ1) is 13.0. The molecule has 0 bridgehead atoms. The van der Waals surface area contributed by atoms with Gasteiger partial charge in [-0.1, -0.05) is 12.8 Å². The van der Waals surface area contributed by atoms with Gasteiger partial charge in [-0.05, 0) is 25.7 Å². The molecule has 106 valence electrons. The molecule has 3 rings (SSSR count). The fraction of sp³-hybridized carbons (Fsp3) is 0.571. The second-order valence-electron chi connectivity index (χ2n) is 5.36. The van der Waals surface area contributed by atoms with E-state index in [0.29, 0.717) is 5.82 Å². The predicted molar refractivity (Wildman–Crippen MR) is 72.2 cm³/mol. The molecule has 0 aromatic carbocycles. The molecule has 1 unspecified atom stereocenters. The van der Waals surface area contributed by atoms with Gasteiger partial charge in [-0.3, -0.25) is 9.20 Å². The van der Waals surface area contributed by atoms with Crippen molar-refractivity contribution in [2.45, 2.75) is 38.5 Å². The zero-order chi connectivity index (χ0) is 14.1. The maximum absolute atomic E-state index is 12.2. The number of aromatic nitrogens is 4. The minimum absolute atomic E-state index is 0.230. The summed E-state index contributed by atoms with van der Waals surface area (Å²) in [5, 5.41) is 8.38. The van der Waals surface area contributed by atoms with Crippen LogP contribution in [-0.2, 0) is 9.53 Å². The molecule has 2 heterocycles. The van der Waals surface area contributed by atoms with Gasteiger partial charge in [0.25, 0.3) is 0 Å². The number of carbonyl (C=O) groups is 1. The number of fused-ring (bicyclic) bond motifs is 1. The van der Waals surface area contributed by atoms with Gasteiger partial charge in [-0.2, -0.15) is 0 Å². The zero-order valence-electron chi connectivity index (χ0n) is 11.7. The fourth-order valence-corrected chi connectivity index (χ4v) is 3.04. The lowest BCUT2D eigenvalue weighted by molar-refractivity contribution is -0.144. The molecule has 1 aliphatic rings. The highest BCUT2D eigenvalue weighted by Gasteiger charge is 2.36. The van der Waals surface area contributed by atoms with Crippen LogP contribution < -0.4 is 0 Å². The largest absolute Gasteiger partial charge is 0.468 e. The number of methoxy groups -OCH3 is 1. The van der Waals surface area contributed by atoms with Gasteiger partial charge >= 0.3 is 5.97 Å². The van der Waals surface area contributed by atoms with Crippen LogP contribution in [-0.4, -0.2) is 32.7 Å². The Labute approximate surface area is 117 Å². The average Bonchev–Trinajstić information content (AvgIpc) is 3.09. The highest BCUT2D eigenvalue weighted by molar-refractivity contribution is 5.77. The predicted octanol–water partition coefficient (Wildman–Crippen LogP) is 1.88. The highest BCUT2D eigenvalue weighted by atomic mass is 16.5. The van der Waals surface area contributed by atoms with Crippen molar-refractivity contribution in [1.29, 1.82) is 0 Å². The molecule has 0 radical (unpaired) electrons. The van der Waals surface area contributed by atoms with E-state index in [1.165, 1.54) is 7.11 Å². The molecular formula is C14H18N4O2. The smallest absolute Gasteiger partial charge is 0.316 e. The van der Waals surface area contributed by atoms with Gasteiger partial charge in [-0.25, -0.2) is 4.98 Å². The zero-order valence-corrected chi connectivity index (χ0v) is 11.7. The summed E-state index contributed by atoms with van der Waals surface area (Å²) in [5.41, 5.74) is 1.60. The number of nitrogens with zero attached hydrogens (tertiary/aromatic N) is 4. The molecule has 1 fully saturated rings.